The van der Waals surface area contributed by atoms with Crippen LogP contribution in [0.25, 0.3) is 0 Å². The maximum Gasteiger partial charge on any atom is 0.348 e. The van der Waals surface area contributed by atoms with Crippen molar-refractivity contribution in [1.82, 2.24) is 4.90 Å². The number of benzene rings is 1. The molecule has 0 saturated carbocycles. The Bertz CT molecular complexity index is 997. The van der Waals surface area contributed by atoms with Gasteiger partial charge in [-0.25, -0.2) is 4.79 Å². The van der Waals surface area contributed by atoms with Gasteiger partial charge in [0, 0.05) is 23.9 Å². The molecule has 3 atom stereocenters. The number of likely N-dealkylation sites (tertiary alicyclic amines) is 1. The van der Waals surface area contributed by atoms with E-state index in [9.17, 15) is 23.5 Å². The summed E-state index contributed by atoms with van der Waals surface area (Å²) in [6.45, 7) is 2.25. The molecule has 204 valence electrons. The first-order valence-electron chi connectivity index (χ1n) is 13.3. The molecule has 3 rings (SSSR count). The Balaban J connectivity index is 1.40. The largest absolute Gasteiger partial charge is 0.465 e. The predicted octanol–water partition coefficient (Wildman–Crippen LogP) is 6.28. The van der Waals surface area contributed by atoms with Crippen LogP contribution in [0.4, 0.5) is 8.78 Å². The minimum absolute atomic E-state index is 0.0885. The van der Waals surface area contributed by atoms with Gasteiger partial charge in [0.05, 0.1) is 13.2 Å². The van der Waals surface area contributed by atoms with Gasteiger partial charge in [0.2, 0.25) is 0 Å². The van der Waals surface area contributed by atoms with E-state index in [4.69, 9.17) is 4.74 Å². The fourth-order valence-electron chi connectivity index (χ4n) is 5.01. The molecule has 0 spiro atoms. The summed E-state index contributed by atoms with van der Waals surface area (Å²) in [4.78, 5) is 26.7. The third kappa shape index (κ3) is 8.60. The van der Waals surface area contributed by atoms with Gasteiger partial charge in [-0.05, 0) is 68.6 Å². The molecule has 8 heteroatoms. The van der Waals surface area contributed by atoms with E-state index >= 15 is 0 Å². The van der Waals surface area contributed by atoms with Gasteiger partial charge in [-0.3, -0.25) is 4.79 Å². The Kier molecular flexibility index (Phi) is 11.1. The average molecular weight is 536 g/mol. The number of rotatable bonds is 15. The Morgan fingerprint density at radius 2 is 1.86 bits per heavy atom. The molecular formula is C29H39F2NO4S. The molecule has 2 heterocycles. The van der Waals surface area contributed by atoms with Crippen LogP contribution in [0.2, 0.25) is 0 Å². The van der Waals surface area contributed by atoms with Gasteiger partial charge < -0.3 is 14.7 Å². The lowest BCUT2D eigenvalue weighted by molar-refractivity contribution is -0.148. The zero-order valence-corrected chi connectivity index (χ0v) is 22.7. The maximum absolute atomic E-state index is 14.3. The van der Waals surface area contributed by atoms with Gasteiger partial charge in [-0.2, -0.15) is 8.78 Å². The number of nitrogens with zero attached hydrogens (tertiary/aromatic N) is 1. The molecule has 37 heavy (non-hydrogen) atoms. The number of ether oxygens (including phenoxy) is 1. The van der Waals surface area contributed by atoms with Crippen LogP contribution in [0.15, 0.2) is 42.5 Å². The van der Waals surface area contributed by atoms with Gasteiger partial charge in [-0.1, -0.05) is 50.1 Å². The van der Waals surface area contributed by atoms with E-state index < -0.39 is 36.4 Å². The first-order valence-corrected chi connectivity index (χ1v) is 14.1. The number of hydrogen-bond acceptors (Lipinski definition) is 5. The van der Waals surface area contributed by atoms with Crippen molar-refractivity contribution in [3.63, 3.8) is 0 Å². The Morgan fingerprint density at radius 1 is 1.11 bits per heavy atom. The van der Waals surface area contributed by atoms with Crippen LogP contribution in [0.5, 0.6) is 0 Å². The number of alkyl halides is 2. The SMILES string of the molecule is COC(=O)c1ccc(CCCN2C(=O)C(F)(F)C[C@@H]2CC[C@@H](O)[C@@H](C)CCCCCc2ccccc2)s1. The van der Waals surface area contributed by atoms with Gasteiger partial charge in [0.15, 0.2) is 0 Å². The van der Waals surface area contributed by atoms with E-state index in [1.165, 1.54) is 28.9 Å². The number of aliphatic hydroxyl groups excluding tert-OH is 1. The summed E-state index contributed by atoms with van der Waals surface area (Å²) in [5.74, 6) is -4.77. The molecule has 1 aliphatic heterocycles. The molecule has 2 aromatic rings. The van der Waals surface area contributed by atoms with Crippen LogP contribution in [0.1, 0.15) is 78.4 Å². The first kappa shape index (κ1) is 29.2. The molecule has 1 saturated heterocycles. The lowest BCUT2D eigenvalue weighted by Gasteiger charge is -2.26. The van der Waals surface area contributed by atoms with Crippen molar-refractivity contribution in [2.24, 2.45) is 5.92 Å². The molecule has 1 aliphatic rings. The number of carbonyl (C=O) groups excluding carboxylic acids is 2. The monoisotopic (exact) mass is 535 g/mol. The molecule has 1 aromatic carbocycles. The highest BCUT2D eigenvalue weighted by Crippen LogP contribution is 2.36. The summed E-state index contributed by atoms with van der Waals surface area (Å²) < 4.78 is 33.2. The molecule has 1 fully saturated rings. The number of esters is 1. The van der Waals surface area contributed by atoms with Gasteiger partial charge in [-0.15, -0.1) is 11.3 Å². The molecule has 0 aliphatic carbocycles. The van der Waals surface area contributed by atoms with E-state index in [0.29, 0.717) is 30.6 Å². The number of halogens is 2. The maximum atomic E-state index is 14.3. The normalized spacial score (nSPS) is 18.7. The molecular weight excluding hydrogens is 496 g/mol. The molecule has 1 N–H and O–H groups in total. The number of thiophene rings is 1. The second-order valence-electron chi connectivity index (χ2n) is 10.1. The topological polar surface area (TPSA) is 66.8 Å². The Morgan fingerprint density at radius 3 is 2.59 bits per heavy atom. The zero-order valence-electron chi connectivity index (χ0n) is 21.8. The van der Waals surface area contributed by atoms with Crippen molar-refractivity contribution in [2.45, 2.75) is 89.2 Å². The third-order valence-corrected chi connectivity index (χ3v) is 8.42. The fraction of sp³-hybridized carbons (Fsp3) is 0.586. The summed E-state index contributed by atoms with van der Waals surface area (Å²) in [6, 6.07) is 13.3. The van der Waals surface area contributed by atoms with Crippen LogP contribution in [0, 0.1) is 5.92 Å². The number of carbonyl (C=O) groups is 2. The van der Waals surface area contributed by atoms with Crippen molar-refractivity contribution in [2.75, 3.05) is 13.7 Å². The second kappa shape index (κ2) is 14.0. The van der Waals surface area contributed by atoms with E-state index in [2.05, 4.69) is 24.3 Å². The van der Waals surface area contributed by atoms with Gasteiger partial charge in [0.1, 0.15) is 4.88 Å². The first-order chi connectivity index (χ1) is 17.7. The zero-order chi connectivity index (χ0) is 26.8. The van der Waals surface area contributed by atoms with Crippen LogP contribution >= 0.6 is 11.3 Å². The Labute approximate surface area is 222 Å². The van der Waals surface area contributed by atoms with Crippen LogP contribution in [-0.2, 0) is 22.4 Å². The average Bonchev–Trinajstić information content (AvgIpc) is 3.45. The second-order valence-corrected chi connectivity index (χ2v) is 11.3. The number of aryl methyl sites for hydroxylation is 2. The summed E-state index contributed by atoms with van der Waals surface area (Å²) in [6.07, 6.45) is 6.01. The summed E-state index contributed by atoms with van der Waals surface area (Å²) in [7, 11) is 1.33. The van der Waals surface area contributed by atoms with E-state index in [0.717, 1.165) is 37.0 Å². The third-order valence-electron chi connectivity index (χ3n) is 7.30. The van der Waals surface area contributed by atoms with E-state index in [-0.39, 0.29) is 12.5 Å². The van der Waals surface area contributed by atoms with Crippen molar-refractivity contribution < 1.29 is 28.2 Å². The smallest absolute Gasteiger partial charge is 0.348 e. The molecule has 0 bridgehead atoms. The molecule has 0 radical (unpaired) electrons. The molecule has 0 unspecified atom stereocenters. The highest BCUT2D eigenvalue weighted by molar-refractivity contribution is 7.13. The number of methoxy groups -OCH3 is 1. The molecule has 1 amide bonds. The fourth-order valence-corrected chi connectivity index (χ4v) is 5.98. The Hall–Kier alpha value is -2.32. The highest BCUT2D eigenvalue weighted by Gasteiger charge is 2.52. The highest BCUT2D eigenvalue weighted by atomic mass is 32.1. The number of unbranched alkanes of at least 4 members (excludes halogenated alkanes) is 2. The minimum Gasteiger partial charge on any atom is -0.465 e. The lowest BCUT2D eigenvalue weighted by Crippen LogP contribution is -2.37. The van der Waals surface area contributed by atoms with E-state index in [1.807, 2.05) is 19.1 Å². The van der Waals surface area contributed by atoms with Gasteiger partial charge in [0.25, 0.3) is 5.91 Å². The molecule has 5 nitrogen and oxygen atoms in total. The van der Waals surface area contributed by atoms with Crippen molar-refractivity contribution in [1.29, 1.82) is 0 Å². The minimum atomic E-state index is -3.35. The van der Waals surface area contributed by atoms with E-state index in [1.54, 1.807) is 6.07 Å². The number of amides is 1. The summed E-state index contributed by atoms with van der Waals surface area (Å²) >= 11 is 1.32. The van der Waals surface area contributed by atoms with Crippen LogP contribution in [0.3, 0.4) is 0 Å². The number of hydrogen-bond donors (Lipinski definition) is 1. The van der Waals surface area contributed by atoms with Crippen molar-refractivity contribution in [3.05, 3.63) is 57.8 Å². The molecule has 1 aromatic heterocycles. The van der Waals surface area contributed by atoms with Crippen LogP contribution in [-0.4, -0.2) is 53.6 Å². The van der Waals surface area contributed by atoms with Crippen molar-refractivity contribution >= 4 is 23.2 Å². The lowest BCUT2D eigenvalue weighted by atomic mass is 9.92. The summed E-state index contributed by atoms with van der Waals surface area (Å²) in [5.41, 5.74) is 1.34. The summed E-state index contributed by atoms with van der Waals surface area (Å²) in [5, 5.41) is 10.7. The van der Waals surface area contributed by atoms with Crippen LogP contribution < -0.4 is 0 Å². The predicted molar refractivity (Wildman–Crippen MR) is 142 cm³/mol. The van der Waals surface area contributed by atoms with Gasteiger partial charge >= 0.3 is 11.9 Å². The van der Waals surface area contributed by atoms with Crippen molar-refractivity contribution in [3.8, 4) is 0 Å². The number of aliphatic hydroxyl groups is 1. The quantitative estimate of drug-likeness (QED) is 0.215. The standard InChI is InChI=1S/C29H39F2NO4S/c1-21(10-5-3-6-11-22-12-7-4-8-13-22)25(33)17-15-23-20-29(30,31)28(35)32(23)19-9-14-24-16-18-26(37-24)27(34)36-2/h4,7-8,12-13,16,18,21,23,25,33H,3,5-6,9-11,14-15,17,19-20H2,1-2H3/t21-,23-,25+/m0/s1.